The van der Waals surface area contributed by atoms with E-state index >= 15 is 0 Å². The van der Waals surface area contributed by atoms with Gasteiger partial charge in [0.25, 0.3) is 11.8 Å². The third-order valence-electron chi connectivity index (χ3n) is 6.28. The summed E-state index contributed by atoms with van der Waals surface area (Å²) in [6.45, 7) is 1.94. The highest BCUT2D eigenvalue weighted by molar-refractivity contribution is 6.38. The summed E-state index contributed by atoms with van der Waals surface area (Å²) >= 11 is 12.6. The van der Waals surface area contributed by atoms with Crippen LogP contribution in [0.1, 0.15) is 57.4 Å². The molecule has 1 aromatic rings. The number of aliphatic imine (C=N–C) groups is 1. The van der Waals surface area contributed by atoms with E-state index in [1.165, 1.54) is 12.2 Å². The van der Waals surface area contributed by atoms with Crippen molar-refractivity contribution in [3.05, 3.63) is 45.5 Å². The molecular formula is C24H22Cl2N2O6. The normalized spacial score (nSPS) is 21.3. The standard InChI is InChI=1S/C24H22Cl2N2O6/c1-24(10-4-2-3-5-20(32)34-28-18(30)8-9-19(28)31)14-11-13(29)6-7-16(14)27-17-12-15(25)23(33)22(26)21(17)24/h6-7,11-12,33H,2-5,8-10H2,1H3. The van der Waals surface area contributed by atoms with Crippen LogP contribution in [0.2, 0.25) is 10.0 Å². The Balaban J connectivity index is 1.45. The van der Waals surface area contributed by atoms with Gasteiger partial charge in [-0.25, -0.2) is 9.79 Å². The quantitative estimate of drug-likeness (QED) is 0.328. The second-order valence-electron chi connectivity index (χ2n) is 8.64. The molecular weight excluding hydrogens is 483 g/mol. The topological polar surface area (TPSA) is 113 Å². The minimum atomic E-state index is -0.721. The Hall–Kier alpha value is -2.97. The van der Waals surface area contributed by atoms with Gasteiger partial charge >= 0.3 is 5.97 Å². The van der Waals surface area contributed by atoms with Crippen molar-refractivity contribution in [2.75, 3.05) is 0 Å². The maximum absolute atomic E-state index is 12.1. The molecule has 1 unspecified atom stereocenters. The summed E-state index contributed by atoms with van der Waals surface area (Å²) < 4.78 is 0. The summed E-state index contributed by atoms with van der Waals surface area (Å²) in [7, 11) is 0. The van der Waals surface area contributed by atoms with Crippen LogP contribution in [0.5, 0.6) is 5.75 Å². The second kappa shape index (κ2) is 9.35. The molecule has 0 spiro atoms. The number of aromatic hydroxyl groups is 1. The van der Waals surface area contributed by atoms with E-state index in [4.69, 9.17) is 28.0 Å². The number of imide groups is 1. The number of hydrogen-bond donors (Lipinski definition) is 1. The van der Waals surface area contributed by atoms with Crippen molar-refractivity contribution in [2.45, 2.75) is 57.3 Å². The van der Waals surface area contributed by atoms with Crippen LogP contribution >= 0.6 is 23.2 Å². The molecule has 0 radical (unpaired) electrons. The fourth-order valence-corrected chi connectivity index (χ4v) is 5.17. The fourth-order valence-electron chi connectivity index (χ4n) is 4.52. The number of fused-ring (bicyclic) bond motifs is 2. The Kier molecular flexibility index (Phi) is 6.64. The van der Waals surface area contributed by atoms with Crippen molar-refractivity contribution in [3.63, 3.8) is 0 Å². The van der Waals surface area contributed by atoms with Gasteiger partial charge in [0.05, 0.1) is 21.4 Å². The van der Waals surface area contributed by atoms with Crippen LogP contribution in [-0.2, 0) is 29.4 Å². The smallest absolute Gasteiger partial charge is 0.333 e. The molecule has 4 rings (SSSR count). The number of phenolic OH excluding ortho intramolecular Hbond substituents is 1. The molecule has 2 amide bonds. The van der Waals surface area contributed by atoms with Gasteiger partial charge in [0, 0.05) is 30.2 Å². The van der Waals surface area contributed by atoms with Crippen LogP contribution in [0.25, 0.3) is 0 Å². The number of phenols is 1. The van der Waals surface area contributed by atoms with Crippen molar-refractivity contribution >= 4 is 58.2 Å². The number of unbranched alkanes of at least 4 members (excludes halogenated alkanes) is 2. The van der Waals surface area contributed by atoms with E-state index in [2.05, 4.69) is 4.99 Å². The number of allylic oxidation sites excluding steroid dienone is 4. The maximum Gasteiger partial charge on any atom is 0.333 e. The molecule has 34 heavy (non-hydrogen) atoms. The Bertz CT molecular complexity index is 1190. The van der Waals surface area contributed by atoms with Gasteiger partial charge in [-0.15, -0.1) is 5.06 Å². The number of carbonyl (C=O) groups excluding carboxylic acids is 4. The number of hydroxylamine groups is 2. The molecule has 3 aliphatic rings. The number of halogens is 2. The van der Waals surface area contributed by atoms with Crippen molar-refractivity contribution in [3.8, 4) is 5.75 Å². The summed E-state index contributed by atoms with van der Waals surface area (Å²) in [5.74, 6) is -2.06. The van der Waals surface area contributed by atoms with Crippen LogP contribution in [-0.4, -0.2) is 39.4 Å². The van der Waals surface area contributed by atoms with Gasteiger partial charge in [-0.1, -0.05) is 43.0 Å². The van der Waals surface area contributed by atoms with E-state index in [9.17, 15) is 24.3 Å². The molecule has 1 aliphatic carbocycles. The third kappa shape index (κ3) is 4.40. The molecule has 0 aromatic heterocycles. The third-order valence-corrected chi connectivity index (χ3v) is 6.94. The van der Waals surface area contributed by atoms with E-state index in [1.54, 1.807) is 12.1 Å². The summed E-state index contributed by atoms with van der Waals surface area (Å²) in [5.41, 5.74) is 1.75. The lowest BCUT2D eigenvalue weighted by atomic mass is 9.67. The Morgan fingerprint density at radius 3 is 2.56 bits per heavy atom. The molecule has 0 saturated carbocycles. The molecule has 2 aliphatic heterocycles. The lowest BCUT2D eigenvalue weighted by molar-refractivity contribution is -0.197. The number of rotatable bonds is 7. The molecule has 178 valence electrons. The van der Waals surface area contributed by atoms with E-state index in [0.717, 1.165) is 0 Å². The average molecular weight is 505 g/mol. The SMILES string of the molecule is CC1(CCCCCC(=O)ON2C(=O)CCC2=O)C2=CC(=O)C=CC2=Nc2cc(Cl)c(O)c(Cl)c21. The van der Waals surface area contributed by atoms with Crippen molar-refractivity contribution < 1.29 is 29.1 Å². The van der Waals surface area contributed by atoms with Crippen LogP contribution in [0.4, 0.5) is 5.69 Å². The number of hydrogen-bond acceptors (Lipinski definition) is 7. The number of nitrogens with zero attached hydrogens (tertiary/aromatic N) is 2. The fraction of sp³-hybridized carbons (Fsp3) is 0.375. The summed E-state index contributed by atoms with van der Waals surface area (Å²) in [4.78, 5) is 56.8. The molecule has 1 fully saturated rings. The van der Waals surface area contributed by atoms with Crippen LogP contribution in [0, 0.1) is 0 Å². The van der Waals surface area contributed by atoms with Gasteiger partial charge in [0.2, 0.25) is 0 Å². The maximum atomic E-state index is 12.1. The van der Waals surface area contributed by atoms with Gasteiger partial charge in [0.15, 0.2) is 11.5 Å². The average Bonchev–Trinajstić information content (AvgIpc) is 3.10. The first-order valence-corrected chi connectivity index (χ1v) is 11.7. The Labute approximate surface area is 205 Å². The molecule has 1 atom stereocenters. The lowest BCUT2D eigenvalue weighted by Gasteiger charge is -2.39. The minimum absolute atomic E-state index is 0.0499. The van der Waals surface area contributed by atoms with Gasteiger partial charge in [0.1, 0.15) is 0 Å². The first-order valence-electron chi connectivity index (χ1n) is 10.9. The molecule has 0 bridgehead atoms. The summed E-state index contributed by atoms with van der Waals surface area (Å²) in [5, 5.41) is 11.1. The first-order chi connectivity index (χ1) is 16.1. The first kappa shape index (κ1) is 24.2. The highest BCUT2D eigenvalue weighted by atomic mass is 35.5. The monoisotopic (exact) mass is 504 g/mol. The largest absolute Gasteiger partial charge is 0.505 e. The van der Waals surface area contributed by atoms with Crippen molar-refractivity contribution in [1.82, 2.24) is 5.06 Å². The highest BCUT2D eigenvalue weighted by Crippen LogP contribution is 2.53. The predicted molar refractivity (Wildman–Crippen MR) is 125 cm³/mol. The number of benzene rings is 1. The van der Waals surface area contributed by atoms with Gasteiger partial charge in [-0.05, 0) is 42.7 Å². The van der Waals surface area contributed by atoms with Gasteiger partial charge in [-0.2, -0.15) is 0 Å². The molecule has 1 N–H and O–H groups in total. The molecule has 10 heteroatoms. The van der Waals surface area contributed by atoms with Crippen molar-refractivity contribution in [1.29, 1.82) is 0 Å². The lowest BCUT2D eigenvalue weighted by Crippen LogP contribution is -2.34. The van der Waals surface area contributed by atoms with Crippen LogP contribution in [0.3, 0.4) is 0 Å². The molecule has 8 nitrogen and oxygen atoms in total. The summed E-state index contributed by atoms with van der Waals surface area (Å²) in [6.07, 6.45) is 7.13. The van der Waals surface area contributed by atoms with E-state index in [1.807, 2.05) is 6.92 Å². The van der Waals surface area contributed by atoms with Crippen molar-refractivity contribution in [2.24, 2.45) is 4.99 Å². The van der Waals surface area contributed by atoms with E-state index in [0.29, 0.717) is 53.3 Å². The minimum Gasteiger partial charge on any atom is -0.505 e. The van der Waals surface area contributed by atoms with E-state index in [-0.39, 0.29) is 40.8 Å². The summed E-state index contributed by atoms with van der Waals surface area (Å²) in [6, 6.07) is 1.56. The zero-order valence-electron chi connectivity index (χ0n) is 18.4. The zero-order valence-corrected chi connectivity index (χ0v) is 19.9. The second-order valence-corrected chi connectivity index (χ2v) is 9.43. The molecule has 2 heterocycles. The zero-order chi connectivity index (χ0) is 24.6. The Morgan fingerprint density at radius 2 is 1.85 bits per heavy atom. The number of ketones is 1. The highest BCUT2D eigenvalue weighted by Gasteiger charge is 2.42. The van der Waals surface area contributed by atoms with Gasteiger partial charge in [-0.3, -0.25) is 14.4 Å². The molecule has 1 saturated heterocycles. The number of carbonyl (C=O) groups is 4. The van der Waals surface area contributed by atoms with Crippen LogP contribution in [0.15, 0.2) is 34.9 Å². The Morgan fingerprint density at radius 1 is 1.15 bits per heavy atom. The van der Waals surface area contributed by atoms with E-state index < -0.39 is 23.2 Å². The van der Waals surface area contributed by atoms with Gasteiger partial charge < -0.3 is 9.94 Å². The number of amides is 2. The predicted octanol–water partition coefficient (Wildman–Crippen LogP) is 4.67. The van der Waals surface area contributed by atoms with Crippen LogP contribution < -0.4 is 0 Å². The molecule has 1 aromatic carbocycles.